The van der Waals surface area contributed by atoms with E-state index in [9.17, 15) is 0 Å². The van der Waals surface area contributed by atoms with Crippen molar-refractivity contribution in [3.05, 3.63) is 0 Å². The molecule has 4 nitrogen and oxygen atoms in total. The van der Waals surface area contributed by atoms with Crippen LogP contribution in [0.5, 0.6) is 0 Å². The summed E-state index contributed by atoms with van der Waals surface area (Å²) >= 11 is 0. The van der Waals surface area contributed by atoms with Gasteiger partial charge in [-0.15, -0.1) is 0 Å². The molecule has 0 aromatic heterocycles. The molecule has 4 heteroatoms. The predicted molar refractivity (Wildman–Crippen MR) is 61.5 cm³/mol. The highest BCUT2D eigenvalue weighted by Gasteiger charge is 2.39. The Morgan fingerprint density at radius 3 is 2.56 bits per heavy atom. The zero-order valence-corrected chi connectivity index (χ0v) is 10.0. The van der Waals surface area contributed by atoms with E-state index in [2.05, 4.69) is 17.3 Å². The zero-order valence-electron chi connectivity index (χ0n) is 10.0. The molecule has 92 valence electrons. The summed E-state index contributed by atoms with van der Waals surface area (Å²) < 4.78 is 11.5. The van der Waals surface area contributed by atoms with Gasteiger partial charge >= 0.3 is 0 Å². The predicted octanol–water partition coefficient (Wildman–Crippen LogP) is 0.227. The Morgan fingerprint density at radius 2 is 1.88 bits per heavy atom. The third-order valence-electron chi connectivity index (χ3n) is 4.24. The Labute approximate surface area is 97.3 Å². The van der Waals surface area contributed by atoms with E-state index in [-0.39, 0.29) is 0 Å². The summed E-state index contributed by atoms with van der Waals surface area (Å²) in [6.45, 7) is 3.98. The molecular formula is C12H22N2O2. The van der Waals surface area contributed by atoms with E-state index in [1.54, 1.807) is 0 Å². The van der Waals surface area contributed by atoms with Crippen molar-refractivity contribution in [2.24, 2.45) is 0 Å². The first-order valence-corrected chi connectivity index (χ1v) is 6.51. The van der Waals surface area contributed by atoms with Gasteiger partial charge in [0, 0.05) is 31.8 Å². The maximum absolute atomic E-state index is 5.88. The molecule has 0 spiro atoms. The molecule has 4 atom stereocenters. The number of likely N-dealkylation sites (tertiary alicyclic amines) is 1. The average Bonchev–Trinajstić information content (AvgIpc) is 2.68. The lowest BCUT2D eigenvalue weighted by atomic mass is 10.0. The van der Waals surface area contributed by atoms with Crippen LogP contribution in [-0.2, 0) is 9.47 Å². The zero-order chi connectivity index (χ0) is 11.0. The molecule has 0 aromatic rings. The molecule has 0 radical (unpaired) electrons. The number of nitrogens with zero attached hydrogens (tertiary/aromatic N) is 1. The molecule has 3 aliphatic heterocycles. The van der Waals surface area contributed by atoms with Gasteiger partial charge in [-0.2, -0.15) is 0 Å². The van der Waals surface area contributed by atoms with Crippen molar-refractivity contribution in [3.8, 4) is 0 Å². The molecule has 2 bridgehead atoms. The van der Waals surface area contributed by atoms with Crippen molar-refractivity contribution in [3.63, 3.8) is 0 Å². The number of fused-ring (bicyclic) bond motifs is 2. The van der Waals surface area contributed by atoms with Crippen molar-refractivity contribution < 1.29 is 9.47 Å². The number of nitrogens with one attached hydrogen (secondary N) is 1. The normalized spacial score (nSPS) is 44.8. The van der Waals surface area contributed by atoms with Gasteiger partial charge < -0.3 is 14.8 Å². The second kappa shape index (κ2) is 4.61. The van der Waals surface area contributed by atoms with Gasteiger partial charge in [0.05, 0.1) is 18.8 Å². The fourth-order valence-electron chi connectivity index (χ4n) is 3.34. The first kappa shape index (κ1) is 11.0. The minimum absolute atomic E-state index is 0.484. The van der Waals surface area contributed by atoms with E-state index < -0.39 is 0 Å². The van der Waals surface area contributed by atoms with Crippen LogP contribution in [0.25, 0.3) is 0 Å². The summed E-state index contributed by atoms with van der Waals surface area (Å²) in [7, 11) is 2.07. The SMILES string of the molecule is CNC1CCOCC1N1CC2CCC(C1)O2. The van der Waals surface area contributed by atoms with Crippen molar-refractivity contribution in [2.45, 2.75) is 43.6 Å². The van der Waals surface area contributed by atoms with Crippen LogP contribution in [0.3, 0.4) is 0 Å². The molecule has 16 heavy (non-hydrogen) atoms. The van der Waals surface area contributed by atoms with Gasteiger partial charge in [0.25, 0.3) is 0 Å². The number of ether oxygens (including phenoxy) is 2. The number of likely N-dealkylation sites (N-methyl/N-ethyl adjacent to an activating group) is 1. The van der Waals surface area contributed by atoms with Crippen molar-refractivity contribution in [1.82, 2.24) is 10.2 Å². The first-order chi connectivity index (χ1) is 7.86. The van der Waals surface area contributed by atoms with E-state index in [4.69, 9.17) is 9.47 Å². The molecule has 3 fully saturated rings. The third-order valence-corrected chi connectivity index (χ3v) is 4.24. The fraction of sp³-hybridized carbons (Fsp3) is 1.00. The molecule has 3 saturated heterocycles. The van der Waals surface area contributed by atoms with Gasteiger partial charge in [-0.3, -0.25) is 4.90 Å². The maximum atomic E-state index is 5.88. The standard InChI is InChI=1S/C12H22N2O2/c1-13-11-4-5-15-8-12(11)14-6-9-2-3-10(7-14)16-9/h9-13H,2-8H2,1H3. The second-order valence-corrected chi connectivity index (χ2v) is 5.24. The molecule has 3 aliphatic rings. The van der Waals surface area contributed by atoms with Crippen LogP contribution >= 0.6 is 0 Å². The van der Waals surface area contributed by atoms with E-state index in [1.165, 1.54) is 12.8 Å². The van der Waals surface area contributed by atoms with Gasteiger partial charge in [-0.05, 0) is 26.3 Å². The topological polar surface area (TPSA) is 33.7 Å². The van der Waals surface area contributed by atoms with Gasteiger partial charge in [0.2, 0.25) is 0 Å². The molecule has 4 unspecified atom stereocenters. The average molecular weight is 226 g/mol. The molecule has 3 heterocycles. The highest BCUT2D eigenvalue weighted by molar-refractivity contribution is 4.93. The van der Waals surface area contributed by atoms with Crippen LogP contribution in [-0.4, -0.2) is 62.5 Å². The van der Waals surface area contributed by atoms with Gasteiger partial charge in [-0.1, -0.05) is 0 Å². The van der Waals surface area contributed by atoms with Crippen molar-refractivity contribution in [1.29, 1.82) is 0 Å². The summed E-state index contributed by atoms with van der Waals surface area (Å²) in [4.78, 5) is 2.59. The van der Waals surface area contributed by atoms with Crippen molar-refractivity contribution in [2.75, 3.05) is 33.4 Å². The molecule has 3 rings (SSSR count). The minimum atomic E-state index is 0.484. The van der Waals surface area contributed by atoms with E-state index in [1.807, 2.05) is 0 Å². The molecule has 0 amide bonds. The Hall–Kier alpha value is -0.160. The Morgan fingerprint density at radius 1 is 1.12 bits per heavy atom. The maximum Gasteiger partial charge on any atom is 0.0707 e. The quantitative estimate of drug-likeness (QED) is 0.730. The lowest BCUT2D eigenvalue weighted by Crippen LogP contribution is -2.58. The number of morpholine rings is 1. The highest BCUT2D eigenvalue weighted by atomic mass is 16.5. The molecule has 0 aromatic carbocycles. The van der Waals surface area contributed by atoms with Crippen LogP contribution in [0.2, 0.25) is 0 Å². The molecule has 0 saturated carbocycles. The summed E-state index contributed by atoms with van der Waals surface area (Å²) in [5.74, 6) is 0. The van der Waals surface area contributed by atoms with E-state index in [0.717, 1.165) is 32.7 Å². The fourth-order valence-corrected chi connectivity index (χ4v) is 3.34. The number of hydrogen-bond acceptors (Lipinski definition) is 4. The van der Waals surface area contributed by atoms with E-state index in [0.29, 0.717) is 24.3 Å². The third kappa shape index (κ3) is 1.99. The van der Waals surface area contributed by atoms with Crippen LogP contribution < -0.4 is 5.32 Å². The van der Waals surface area contributed by atoms with Crippen LogP contribution in [0.1, 0.15) is 19.3 Å². The smallest absolute Gasteiger partial charge is 0.0707 e. The van der Waals surface area contributed by atoms with Crippen LogP contribution in [0.15, 0.2) is 0 Å². The van der Waals surface area contributed by atoms with Crippen molar-refractivity contribution >= 4 is 0 Å². The highest BCUT2D eigenvalue weighted by Crippen LogP contribution is 2.29. The number of rotatable bonds is 2. The Kier molecular flexibility index (Phi) is 3.16. The van der Waals surface area contributed by atoms with Crippen LogP contribution in [0.4, 0.5) is 0 Å². The van der Waals surface area contributed by atoms with Gasteiger partial charge in [0.15, 0.2) is 0 Å². The first-order valence-electron chi connectivity index (χ1n) is 6.51. The summed E-state index contributed by atoms with van der Waals surface area (Å²) in [5.41, 5.74) is 0. The van der Waals surface area contributed by atoms with Crippen LogP contribution in [0, 0.1) is 0 Å². The van der Waals surface area contributed by atoms with E-state index >= 15 is 0 Å². The number of hydrogen-bond donors (Lipinski definition) is 1. The molecule has 0 aliphatic carbocycles. The largest absolute Gasteiger partial charge is 0.380 e. The van der Waals surface area contributed by atoms with Gasteiger partial charge in [0.1, 0.15) is 0 Å². The Bertz CT molecular complexity index is 237. The summed E-state index contributed by atoms with van der Waals surface area (Å²) in [6.07, 6.45) is 4.60. The Balaban J connectivity index is 1.66. The second-order valence-electron chi connectivity index (χ2n) is 5.24. The summed E-state index contributed by atoms with van der Waals surface area (Å²) in [5, 5.41) is 3.44. The molecular weight excluding hydrogens is 204 g/mol. The monoisotopic (exact) mass is 226 g/mol. The molecule has 1 N–H and O–H groups in total. The summed E-state index contributed by atoms with van der Waals surface area (Å²) in [6, 6.07) is 1.14. The lowest BCUT2D eigenvalue weighted by molar-refractivity contribution is -0.0835. The van der Waals surface area contributed by atoms with Gasteiger partial charge in [-0.25, -0.2) is 0 Å². The lowest BCUT2D eigenvalue weighted by Gasteiger charge is -2.43. The minimum Gasteiger partial charge on any atom is -0.380 e.